The van der Waals surface area contributed by atoms with Gasteiger partial charge in [0.25, 0.3) is 0 Å². The molecule has 2 nitrogen and oxygen atoms in total. The fraction of sp³-hybridized carbons (Fsp3) is 0.200. The second-order valence-electron chi connectivity index (χ2n) is 4.75. The SMILES string of the molecule is Nc1cc(F)ccc1NC1Cc2ccccc2C1. The highest BCUT2D eigenvalue weighted by molar-refractivity contribution is 5.66. The maximum Gasteiger partial charge on any atom is 0.125 e. The van der Waals surface area contributed by atoms with E-state index in [9.17, 15) is 4.39 Å². The molecular weight excluding hydrogens is 227 g/mol. The Kier molecular flexibility index (Phi) is 2.67. The van der Waals surface area contributed by atoms with Gasteiger partial charge >= 0.3 is 0 Å². The van der Waals surface area contributed by atoms with Gasteiger partial charge in [0.1, 0.15) is 5.82 Å². The van der Waals surface area contributed by atoms with Gasteiger partial charge in [-0.2, -0.15) is 0 Å². The van der Waals surface area contributed by atoms with Crippen LogP contribution in [-0.2, 0) is 12.8 Å². The number of nitrogen functional groups attached to an aromatic ring is 1. The lowest BCUT2D eigenvalue weighted by atomic mass is 10.1. The van der Waals surface area contributed by atoms with Crippen LogP contribution in [-0.4, -0.2) is 6.04 Å². The number of hydrogen-bond acceptors (Lipinski definition) is 2. The molecular formula is C15H15FN2. The third kappa shape index (κ3) is 2.04. The maximum absolute atomic E-state index is 13.0. The Balaban J connectivity index is 1.76. The fourth-order valence-corrected chi connectivity index (χ4v) is 2.55. The van der Waals surface area contributed by atoms with Crippen LogP contribution in [0, 0.1) is 5.82 Å². The van der Waals surface area contributed by atoms with Crippen LogP contribution < -0.4 is 11.1 Å². The van der Waals surface area contributed by atoms with Crippen LogP contribution in [0.4, 0.5) is 15.8 Å². The molecule has 0 aliphatic heterocycles. The van der Waals surface area contributed by atoms with Crippen molar-refractivity contribution in [3.8, 4) is 0 Å². The molecule has 0 saturated carbocycles. The van der Waals surface area contributed by atoms with Gasteiger partial charge in [0.2, 0.25) is 0 Å². The molecule has 0 heterocycles. The number of hydrogen-bond donors (Lipinski definition) is 2. The van der Waals surface area contributed by atoms with E-state index in [4.69, 9.17) is 5.73 Å². The molecule has 3 N–H and O–H groups in total. The van der Waals surface area contributed by atoms with E-state index >= 15 is 0 Å². The molecule has 2 aromatic carbocycles. The first kappa shape index (κ1) is 11.1. The molecule has 0 atom stereocenters. The Morgan fingerprint density at radius 1 is 1.06 bits per heavy atom. The van der Waals surface area contributed by atoms with Gasteiger partial charge in [-0.25, -0.2) is 4.39 Å². The predicted molar refractivity (Wildman–Crippen MR) is 72.1 cm³/mol. The zero-order chi connectivity index (χ0) is 12.5. The zero-order valence-electron chi connectivity index (χ0n) is 9.99. The largest absolute Gasteiger partial charge is 0.397 e. The molecule has 3 heteroatoms. The lowest BCUT2D eigenvalue weighted by Gasteiger charge is -2.15. The summed E-state index contributed by atoms with van der Waals surface area (Å²) in [5.74, 6) is -0.298. The summed E-state index contributed by atoms with van der Waals surface area (Å²) in [6.07, 6.45) is 1.99. The van der Waals surface area contributed by atoms with Crippen LogP contribution in [0.25, 0.3) is 0 Å². The Hall–Kier alpha value is -2.03. The normalized spacial score (nSPS) is 14.5. The van der Waals surface area contributed by atoms with Crippen molar-refractivity contribution in [3.05, 3.63) is 59.4 Å². The monoisotopic (exact) mass is 242 g/mol. The first-order valence-electron chi connectivity index (χ1n) is 6.11. The number of rotatable bonds is 2. The molecule has 0 radical (unpaired) electrons. The zero-order valence-corrected chi connectivity index (χ0v) is 9.99. The smallest absolute Gasteiger partial charge is 0.125 e. The van der Waals surface area contributed by atoms with Gasteiger partial charge in [0.15, 0.2) is 0 Å². The van der Waals surface area contributed by atoms with Gasteiger partial charge in [-0.05, 0) is 42.2 Å². The van der Waals surface area contributed by atoms with E-state index in [0.29, 0.717) is 11.7 Å². The number of fused-ring (bicyclic) bond motifs is 1. The lowest BCUT2D eigenvalue weighted by molar-refractivity contribution is 0.628. The topological polar surface area (TPSA) is 38.0 Å². The van der Waals surface area contributed by atoms with E-state index in [1.165, 1.54) is 23.3 Å². The quantitative estimate of drug-likeness (QED) is 0.794. The molecule has 18 heavy (non-hydrogen) atoms. The second-order valence-corrected chi connectivity index (χ2v) is 4.75. The predicted octanol–water partition coefficient (Wildman–Crippen LogP) is 2.99. The first-order valence-corrected chi connectivity index (χ1v) is 6.11. The van der Waals surface area contributed by atoms with Crippen LogP contribution in [0.2, 0.25) is 0 Å². The van der Waals surface area contributed by atoms with Crippen LogP contribution in [0.5, 0.6) is 0 Å². The number of halogens is 1. The second kappa shape index (κ2) is 4.33. The third-order valence-electron chi connectivity index (χ3n) is 3.42. The van der Waals surface area contributed by atoms with Crippen LogP contribution >= 0.6 is 0 Å². The number of anilines is 2. The van der Waals surface area contributed by atoms with Crippen LogP contribution in [0.3, 0.4) is 0 Å². The molecule has 0 saturated heterocycles. The summed E-state index contributed by atoms with van der Waals surface area (Å²) in [6, 6.07) is 13.3. The Bertz CT molecular complexity index is 555. The molecule has 2 aromatic rings. The summed E-state index contributed by atoms with van der Waals surface area (Å²) in [6.45, 7) is 0. The van der Waals surface area contributed by atoms with E-state index < -0.39 is 0 Å². The summed E-state index contributed by atoms with van der Waals surface area (Å²) in [7, 11) is 0. The van der Waals surface area contributed by atoms with Crippen molar-refractivity contribution in [1.29, 1.82) is 0 Å². The molecule has 0 fully saturated rings. The summed E-state index contributed by atoms with van der Waals surface area (Å²) < 4.78 is 13.0. The molecule has 3 rings (SSSR count). The average molecular weight is 242 g/mol. The van der Waals surface area contributed by atoms with Crippen molar-refractivity contribution in [2.75, 3.05) is 11.1 Å². The van der Waals surface area contributed by atoms with Crippen molar-refractivity contribution in [3.63, 3.8) is 0 Å². The van der Waals surface area contributed by atoms with Crippen molar-refractivity contribution in [2.45, 2.75) is 18.9 Å². The van der Waals surface area contributed by atoms with Gasteiger partial charge in [-0.15, -0.1) is 0 Å². The standard InChI is InChI=1S/C15H15FN2/c16-12-5-6-15(14(17)9-12)18-13-7-10-3-1-2-4-11(10)8-13/h1-6,9,13,18H,7-8,17H2. The minimum atomic E-state index is -0.298. The summed E-state index contributed by atoms with van der Waals surface area (Å²) in [4.78, 5) is 0. The number of benzene rings is 2. The van der Waals surface area contributed by atoms with Gasteiger partial charge < -0.3 is 11.1 Å². The summed E-state index contributed by atoms with van der Waals surface area (Å²) in [5, 5.41) is 3.39. The minimum Gasteiger partial charge on any atom is -0.397 e. The number of nitrogens with one attached hydrogen (secondary N) is 1. The molecule has 92 valence electrons. The van der Waals surface area contributed by atoms with E-state index in [2.05, 4.69) is 29.6 Å². The van der Waals surface area contributed by atoms with Crippen molar-refractivity contribution < 1.29 is 4.39 Å². The summed E-state index contributed by atoms with van der Waals surface area (Å²) >= 11 is 0. The first-order chi connectivity index (χ1) is 8.72. The van der Waals surface area contributed by atoms with Crippen molar-refractivity contribution in [1.82, 2.24) is 0 Å². The maximum atomic E-state index is 13.0. The molecule has 1 aliphatic carbocycles. The van der Waals surface area contributed by atoms with Crippen molar-refractivity contribution in [2.24, 2.45) is 0 Å². The van der Waals surface area contributed by atoms with Crippen LogP contribution in [0.15, 0.2) is 42.5 Å². The minimum absolute atomic E-state index is 0.298. The molecule has 0 amide bonds. The van der Waals surface area contributed by atoms with E-state index in [1.807, 2.05) is 0 Å². The highest BCUT2D eigenvalue weighted by atomic mass is 19.1. The summed E-state index contributed by atoms with van der Waals surface area (Å²) in [5.41, 5.74) is 9.85. The molecule has 1 aliphatic rings. The Morgan fingerprint density at radius 2 is 1.72 bits per heavy atom. The van der Waals surface area contributed by atoms with Gasteiger partial charge in [-0.3, -0.25) is 0 Å². The van der Waals surface area contributed by atoms with Gasteiger partial charge in [0.05, 0.1) is 11.4 Å². The van der Waals surface area contributed by atoms with E-state index in [1.54, 1.807) is 6.07 Å². The van der Waals surface area contributed by atoms with E-state index in [0.717, 1.165) is 18.5 Å². The molecule has 0 aromatic heterocycles. The highest BCUT2D eigenvalue weighted by Crippen LogP contribution is 2.27. The Labute approximate surface area is 106 Å². The molecule has 0 spiro atoms. The number of nitrogens with two attached hydrogens (primary N) is 1. The lowest BCUT2D eigenvalue weighted by Crippen LogP contribution is -2.20. The fourth-order valence-electron chi connectivity index (χ4n) is 2.55. The third-order valence-corrected chi connectivity index (χ3v) is 3.42. The average Bonchev–Trinajstić information content (AvgIpc) is 2.75. The Morgan fingerprint density at radius 3 is 2.33 bits per heavy atom. The van der Waals surface area contributed by atoms with Gasteiger partial charge in [0, 0.05) is 6.04 Å². The molecule has 0 bridgehead atoms. The van der Waals surface area contributed by atoms with Crippen molar-refractivity contribution >= 4 is 11.4 Å². The van der Waals surface area contributed by atoms with Gasteiger partial charge in [-0.1, -0.05) is 24.3 Å². The van der Waals surface area contributed by atoms with E-state index in [-0.39, 0.29) is 5.82 Å². The highest BCUT2D eigenvalue weighted by Gasteiger charge is 2.21. The molecule has 0 unspecified atom stereocenters. The van der Waals surface area contributed by atoms with Crippen LogP contribution in [0.1, 0.15) is 11.1 Å².